The van der Waals surface area contributed by atoms with Crippen LogP contribution in [0.5, 0.6) is 11.5 Å². The summed E-state index contributed by atoms with van der Waals surface area (Å²) in [5, 5.41) is 3.05. The minimum atomic E-state index is 0.328. The highest BCUT2D eigenvalue weighted by Crippen LogP contribution is 2.41. The van der Waals surface area contributed by atoms with Crippen LogP contribution in [-0.2, 0) is 0 Å². The first kappa shape index (κ1) is 14.6. The Labute approximate surface area is 98.8 Å². The van der Waals surface area contributed by atoms with E-state index < -0.39 is 0 Å². The summed E-state index contributed by atoms with van der Waals surface area (Å²) < 4.78 is 10.6. The SMILES string of the molecule is CC.CC.CNc1ccc(C)c2c1OCO2. The van der Waals surface area contributed by atoms with E-state index in [0.29, 0.717) is 6.79 Å². The molecule has 0 unspecified atom stereocenters. The molecule has 2 rings (SSSR count). The molecule has 1 heterocycles. The van der Waals surface area contributed by atoms with Crippen molar-refractivity contribution >= 4 is 5.69 Å². The molecule has 16 heavy (non-hydrogen) atoms. The molecule has 1 aliphatic rings. The summed E-state index contributed by atoms with van der Waals surface area (Å²) in [7, 11) is 1.87. The molecule has 0 aromatic heterocycles. The van der Waals surface area contributed by atoms with Crippen molar-refractivity contribution in [1.29, 1.82) is 0 Å². The van der Waals surface area contributed by atoms with Crippen LogP contribution in [0.1, 0.15) is 33.3 Å². The Morgan fingerprint density at radius 1 is 1.00 bits per heavy atom. The second-order valence-electron chi connectivity index (χ2n) is 2.74. The molecule has 1 aromatic rings. The van der Waals surface area contributed by atoms with Gasteiger partial charge in [0, 0.05) is 7.05 Å². The number of hydrogen-bond donors (Lipinski definition) is 1. The summed E-state index contributed by atoms with van der Waals surface area (Å²) >= 11 is 0. The Kier molecular flexibility index (Phi) is 7.18. The minimum absolute atomic E-state index is 0.328. The lowest BCUT2D eigenvalue weighted by Crippen LogP contribution is -1.94. The maximum atomic E-state index is 5.32. The predicted octanol–water partition coefficient (Wildman–Crippen LogP) is 3.82. The van der Waals surface area contributed by atoms with E-state index in [1.54, 1.807) is 0 Å². The van der Waals surface area contributed by atoms with Crippen LogP contribution in [0, 0.1) is 6.92 Å². The molecule has 1 N–H and O–H groups in total. The minimum Gasteiger partial charge on any atom is -0.453 e. The summed E-state index contributed by atoms with van der Waals surface area (Å²) in [5.74, 6) is 1.69. The number of nitrogens with one attached hydrogen (secondary N) is 1. The van der Waals surface area contributed by atoms with Crippen LogP contribution in [-0.4, -0.2) is 13.8 Å². The quantitative estimate of drug-likeness (QED) is 0.788. The van der Waals surface area contributed by atoms with Crippen molar-refractivity contribution in [2.45, 2.75) is 34.6 Å². The summed E-state index contributed by atoms with van der Waals surface area (Å²) in [6, 6.07) is 4.00. The molecule has 0 bridgehead atoms. The van der Waals surface area contributed by atoms with Gasteiger partial charge in [0.1, 0.15) is 0 Å². The molecule has 0 aliphatic carbocycles. The van der Waals surface area contributed by atoms with Crippen molar-refractivity contribution in [2.24, 2.45) is 0 Å². The Hall–Kier alpha value is -1.38. The second-order valence-corrected chi connectivity index (χ2v) is 2.74. The number of hydrogen-bond acceptors (Lipinski definition) is 3. The van der Waals surface area contributed by atoms with Gasteiger partial charge in [0.05, 0.1) is 5.69 Å². The maximum Gasteiger partial charge on any atom is 0.231 e. The van der Waals surface area contributed by atoms with Gasteiger partial charge in [0.15, 0.2) is 11.5 Å². The van der Waals surface area contributed by atoms with Crippen molar-refractivity contribution in [2.75, 3.05) is 19.2 Å². The number of anilines is 1. The van der Waals surface area contributed by atoms with Gasteiger partial charge in [-0.25, -0.2) is 0 Å². The average molecular weight is 225 g/mol. The Morgan fingerprint density at radius 2 is 1.56 bits per heavy atom. The third-order valence-electron chi connectivity index (χ3n) is 1.98. The largest absolute Gasteiger partial charge is 0.453 e. The van der Waals surface area contributed by atoms with E-state index in [4.69, 9.17) is 9.47 Å². The van der Waals surface area contributed by atoms with Crippen LogP contribution in [0.2, 0.25) is 0 Å². The third kappa shape index (κ3) is 3.05. The van der Waals surface area contributed by atoms with Crippen LogP contribution in [0.4, 0.5) is 5.69 Å². The van der Waals surface area contributed by atoms with E-state index >= 15 is 0 Å². The van der Waals surface area contributed by atoms with Crippen LogP contribution in [0.25, 0.3) is 0 Å². The van der Waals surface area contributed by atoms with Crippen molar-refractivity contribution in [1.82, 2.24) is 0 Å². The molecular weight excluding hydrogens is 202 g/mol. The molecule has 3 heteroatoms. The Balaban J connectivity index is 0.000000509. The van der Waals surface area contributed by atoms with Crippen LogP contribution < -0.4 is 14.8 Å². The van der Waals surface area contributed by atoms with E-state index in [1.807, 2.05) is 53.8 Å². The smallest absolute Gasteiger partial charge is 0.231 e. The zero-order valence-electron chi connectivity index (χ0n) is 11.2. The molecule has 0 saturated heterocycles. The number of aryl methyl sites for hydroxylation is 1. The summed E-state index contributed by atoms with van der Waals surface area (Å²) in [6.45, 7) is 10.3. The van der Waals surface area contributed by atoms with Crippen molar-refractivity contribution in [3.63, 3.8) is 0 Å². The molecule has 0 saturated carbocycles. The lowest BCUT2D eigenvalue weighted by atomic mass is 10.2. The molecule has 0 atom stereocenters. The van der Waals surface area contributed by atoms with Crippen LogP contribution in [0.3, 0.4) is 0 Å². The fourth-order valence-corrected chi connectivity index (χ4v) is 1.33. The van der Waals surface area contributed by atoms with Gasteiger partial charge in [-0.2, -0.15) is 0 Å². The summed E-state index contributed by atoms with van der Waals surface area (Å²) in [5.41, 5.74) is 2.09. The second kappa shape index (κ2) is 7.85. The summed E-state index contributed by atoms with van der Waals surface area (Å²) in [6.07, 6.45) is 0. The van der Waals surface area contributed by atoms with Crippen molar-refractivity contribution in [3.8, 4) is 11.5 Å². The van der Waals surface area contributed by atoms with Crippen molar-refractivity contribution in [3.05, 3.63) is 17.7 Å². The normalized spacial score (nSPS) is 10.6. The molecule has 92 valence electrons. The Bertz CT molecular complexity index is 311. The monoisotopic (exact) mass is 225 g/mol. The number of benzene rings is 1. The highest BCUT2D eigenvalue weighted by atomic mass is 16.7. The third-order valence-corrected chi connectivity index (χ3v) is 1.98. The van der Waals surface area contributed by atoms with E-state index in [9.17, 15) is 0 Å². The lowest BCUT2D eigenvalue weighted by Gasteiger charge is -2.05. The van der Waals surface area contributed by atoms with Gasteiger partial charge in [-0.3, -0.25) is 0 Å². The highest BCUT2D eigenvalue weighted by Gasteiger charge is 2.18. The van der Waals surface area contributed by atoms with Crippen LogP contribution in [0.15, 0.2) is 12.1 Å². The molecule has 1 aliphatic heterocycles. The van der Waals surface area contributed by atoms with Gasteiger partial charge in [0.25, 0.3) is 0 Å². The lowest BCUT2D eigenvalue weighted by molar-refractivity contribution is 0.174. The van der Waals surface area contributed by atoms with Gasteiger partial charge in [0.2, 0.25) is 6.79 Å². The van der Waals surface area contributed by atoms with Gasteiger partial charge < -0.3 is 14.8 Å². The van der Waals surface area contributed by atoms with Gasteiger partial charge in [-0.05, 0) is 18.6 Å². The molecule has 3 nitrogen and oxygen atoms in total. The van der Waals surface area contributed by atoms with E-state index in [1.165, 1.54) is 0 Å². The van der Waals surface area contributed by atoms with E-state index in [-0.39, 0.29) is 0 Å². The topological polar surface area (TPSA) is 30.5 Å². The first-order valence-electron chi connectivity index (χ1n) is 5.90. The molecule has 0 radical (unpaired) electrons. The van der Waals surface area contributed by atoms with Gasteiger partial charge in [-0.1, -0.05) is 33.8 Å². The van der Waals surface area contributed by atoms with Gasteiger partial charge >= 0.3 is 0 Å². The predicted molar refractivity (Wildman–Crippen MR) is 69.5 cm³/mol. The average Bonchev–Trinajstić information content (AvgIpc) is 2.85. The molecular formula is C13H23NO2. The molecule has 0 amide bonds. The zero-order valence-corrected chi connectivity index (χ0v) is 11.2. The van der Waals surface area contributed by atoms with E-state index in [2.05, 4.69) is 5.32 Å². The van der Waals surface area contributed by atoms with Gasteiger partial charge in [-0.15, -0.1) is 0 Å². The van der Waals surface area contributed by atoms with Crippen molar-refractivity contribution < 1.29 is 9.47 Å². The van der Waals surface area contributed by atoms with E-state index in [0.717, 1.165) is 22.7 Å². The summed E-state index contributed by atoms with van der Waals surface area (Å²) in [4.78, 5) is 0. The molecule has 1 aromatic carbocycles. The highest BCUT2D eigenvalue weighted by molar-refractivity contribution is 5.66. The maximum absolute atomic E-state index is 5.32. The molecule has 0 fully saturated rings. The number of fused-ring (bicyclic) bond motifs is 1. The first-order chi connectivity index (χ1) is 7.83. The Morgan fingerprint density at radius 3 is 2.12 bits per heavy atom. The fraction of sp³-hybridized carbons (Fsp3) is 0.538. The zero-order chi connectivity index (χ0) is 12.6. The standard InChI is InChI=1S/C9H11NO2.2C2H6/c1-6-3-4-7(10-2)9-8(6)11-5-12-9;2*1-2/h3-4,10H,5H2,1-2H3;2*1-2H3. The molecule has 0 spiro atoms. The number of rotatable bonds is 1. The van der Waals surface area contributed by atoms with Crippen LogP contribution >= 0.6 is 0 Å². The number of ether oxygens (including phenoxy) is 2. The fourth-order valence-electron chi connectivity index (χ4n) is 1.33. The first-order valence-corrected chi connectivity index (χ1v) is 5.90.